The minimum absolute atomic E-state index is 0.269. The maximum Gasteiger partial charge on any atom is 0.168 e. The molecule has 2 fully saturated rings. The zero-order valence-electron chi connectivity index (χ0n) is 13.9. The summed E-state index contributed by atoms with van der Waals surface area (Å²) in [5.41, 5.74) is 2.59. The number of hydrogen-bond donors (Lipinski definition) is 0. The smallest absolute Gasteiger partial charge is 0.168 e. The van der Waals surface area contributed by atoms with Crippen molar-refractivity contribution >= 4 is 0 Å². The van der Waals surface area contributed by atoms with E-state index in [1.54, 1.807) is 0 Å². The molecule has 24 heavy (non-hydrogen) atoms. The van der Waals surface area contributed by atoms with Gasteiger partial charge in [-0.05, 0) is 42.0 Å². The molecule has 0 atom stereocenters. The van der Waals surface area contributed by atoms with Crippen molar-refractivity contribution in [3.8, 4) is 5.75 Å². The van der Waals surface area contributed by atoms with Crippen LogP contribution in [0.15, 0.2) is 54.6 Å². The predicted molar refractivity (Wildman–Crippen MR) is 93.1 cm³/mol. The number of ether oxygens (including phenoxy) is 3. The third-order valence-electron chi connectivity index (χ3n) is 5.16. The normalized spacial score (nSPS) is 20.3. The molecule has 3 heteroatoms. The molecule has 1 aliphatic carbocycles. The topological polar surface area (TPSA) is 27.7 Å². The molecular formula is C21H24O3. The van der Waals surface area contributed by atoms with Crippen molar-refractivity contribution in [2.24, 2.45) is 0 Å². The molecule has 0 aromatic heterocycles. The third kappa shape index (κ3) is 3.47. The van der Waals surface area contributed by atoms with E-state index in [2.05, 4.69) is 36.4 Å². The lowest BCUT2D eigenvalue weighted by Gasteiger charge is -2.35. The Hall–Kier alpha value is -1.84. The Morgan fingerprint density at radius 1 is 0.875 bits per heavy atom. The molecule has 2 aliphatic rings. The Bertz CT molecular complexity index is 635. The van der Waals surface area contributed by atoms with Crippen LogP contribution in [-0.4, -0.2) is 19.0 Å². The molecule has 3 nitrogen and oxygen atoms in total. The van der Waals surface area contributed by atoms with Crippen LogP contribution in [0.5, 0.6) is 5.75 Å². The van der Waals surface area contributed by atoms with Gasteiger partial charge in [0.15, 0.2) is 5.79 Å². The van der Waals surface area contributed by atoms with Crippen molar-refractivity contribution in [3.63, 3.8) is 0 Å². The summed E-state index contributed by atoms with van der Waals surface area (Å²) in [7, 11) is 0. The lowest BCUT2D eigenvalue weighted by molar-refractivity contribution is -0.178. The molecule has 4 rings (SSSR count). The average Bonchev–Trinajstić information content (AvgIpc) is 3.10. The van der Waals surface area contributed by atoms with Crippen LogP contribution in [0.25, 0.3) is 0 Å². The van der Waals surface area contributed by atoms with Crippen molar-refractivity contribution < 1.29 is 14.2 Å². The Labute approximate surface area is 143 Å². The second-order valence-corrected chi connectivity index (χ2v) is 6.73. The second-order valence-electron chi connectivity index (χ2n) is 6.73. The van der Waals surface area contributed by atoms with Gasteiger partial charge < -0.3 is 14.2 Å². The molecule has 1 aliphatic heterocycles. The maximum absolute atomic E-state index is 5.87. The van der Waals surface area contributed by atoms with Crippen LogP contribution in [-0.2, 0) is 16.1 Å². The van der Waals surface area contributed by atoms with Gasteiger partial charge in [0.05, 0.1) is 13.2 Å². The highest BCUT2D eigenvalue weighted by atomic mass is 16.7. The van der Waals surface area contributed by atoms with Gasteiger partial charge in [-0.25, -0.2) is 0 Å². The quantitative estimate of drug-likeness (QED) is 0.818. The highest BCUT2D eigenvalue weighted by Crippen LogP contribution is 2.42. The number of benzene rings is 2. The van der Waals surface area contributed by atoms with Gasteiger partial charge in [0.2, 0.25) is 0 Å². The molecule has 1 heterocycles. The van der Waals surface area contributed by atoms with Gasteiger partial charge in [-0.15, -0.1) is 0 Å². The van der Waals surface area contributed by atoms with E-state index in [9.17, 15) is 0 Å². The summed E-state index contributed by atoms with van der Waals surface area (Å²) in [6.07, 6.45) is 4.27. The minimum Gasteiger partial charge on any atom is -0.489 e. The van der Waals surface area contributed by atoms with Crippen molar-refractivity contribution in [1.82, 2.24) is 0 Å². The van der Waals surface area contributed by atoms with Gasteiger partial charge in [0.25, 0.3) is 0 Å². The van der Waals surface area contributed by atoms with Crippen LogP contribution in [0.2, 0.25) is 0 Å². The van der Waals surface area contributed by atoms with Gasteiger partial charge in [0.1, 0.15) is 12.4 Å². The molecule has 0 unspecified atom stereocenters. The van der Waals surface area contributed by atoms with Gasteiger partial charge in [0, 0.05) is 12.8 Å². The predicted octanol–water partition coefficient (Wildman–Crippen LogP) is 4.67. The summed E-state index contributed by atoms with van der Waals surface area (Å²) >= 11 is 0. The van der Waals surface area contributed by atoms with Crippen molar-refractivity contribution in [2.45, 2.75) is 44.0 Å². The van der Waals surface area contributed by atoms with Gasteiger partial charge in [-0.1, -0.05) is 42.5 Å². The molecule has 2 aromatic carbocycles. The van der Waals surface area contributed by atoms with E-state index in [1.807, 2.05) is 18.2 Å². The van der Waals surface area contributed by atoms with E-state index in [4.69, 9.17) is 14.2 Å². The standard InChI is InChI=1S/C21H24O3/c1-2-4-17(5-3-1)16-22-20-8-6-18(7-9-20)19-10-12-21(13-11-19)23-14-15-24-21/h1-9,19H,10-16H2. The van der Waals surface area contributed by atoms with Crippen LogP contribution >= 0.6 is 0 Å². The third-order valence-corrected chi connectivity index (χ3v) is 5.16. The van der Waals surface area contributed by atoms with Crippen molar-refractivity contribution in [1.29, 1.82) is 0 Å². The molecule has 0 amide bonds. The Kier molecular flexibility index (Phi) is 4.54. The highest BCUT2D eigenvalue weighted by Gasteiger charge is 2.40. The van der Waals surface area contributed by atoms with E-state index in [-0.39, 0.29) is 5.79 Å². The molecule has 0 bridgehead atoms. The first kappa shape index (κ1) is 15.7. The molecular weight excluding hydrogens is 300 g/mol. The van der Waals surface area contributed by atoms with Crippen LogP contribution in [0.3, 0.4) is 0 Å². The average molecular weight is 324 g/mol. The van der Waals surface area contributed by atoms with E-state index < -0.39 is 0 Å². The highest BCUT2D eigenvalue weighted by molar-refractivity contribution is 5.30. The first-order chi connectivity index (χ1) is 11.8. The number of rotatable bonds is 4. The Morgan fingerprint density at radius 2 is 1.54 bits per heavy atom. The van der Waals surface area contributed by atoms with Crippen LogP contribution in [0, 0.1) is 0 Å². The second kappa shape index (κ2) is 6.96. The first-order valence-corrected chi connectivity index (χ1v) is 8.88. The molecule has 1 saturated heterocycles. The lowest BCUT2D eigenvalue weighted by Crippen LogP contribution is -2.34. The summed E-state index contributed by atoms with van der Waals surface area (Å²) in [5, 5.41) is 0. The van der Waals surface area contributed by atoms with E-state index in [1.165, 1.54) is 11.1 Å². The summed E-state index contributed by atoms with van der Waals surface area (Å²) in [5.74, 6) is 1.26. The molecule has 0 radical (unpaired) electrons. The van der Waals surface area contributed by atoms with E-state index in [0.29, 0.717) is 12.5 Å². The van der Waals surface area contributed by atoms with Gasteiger partial charge in [-0.2, -0.15) is 0 Å². The monoisotopic (exact) mass is 324 g/mol. The zero-order chi connectivity index (χ0) is 16.2. The summed E-state index contributed by atoms with van der Waals surface area (Å²) in [6.45, 7) is 2.11. The summed E-state index contributed by atoms with van der Waals surface area (Å²) in [4.78, 5) is 0. The van der Waals surface area contributed by atoms with Gasteiger partial charge in [-0.3, -0.25) is 0 Å². The molecule has 1 saturated carbocycles. The fourth-order valence-corrected chi connectivity index (χ4v) is 3.75. The molecule has 2 aromatic rings. The van der Waals surface area contributed by atoms with E-state index >= 15 is 0 Å². The largest absolute Gasteiger partial charge is 0.489 e. The molecule has 126 valence electrons. The SMILES string of the molecule is c1ccc(COc2ccc(C3CCC4(CC3)OCCO4)cc2)cc1. The summed E-state index contributed by atoms with van der Waals surface area (Å²) in [6, 6.07) is 18.9. The first-order valence-electron chi connectivity index (χ1n) is 8.88. The van der Waals surface area contributed by atoms with Crippen LogP contribution in [0.1, 0.15) is 42.7 Å². The fraction of sp³-hybridized carbons (Fsp3) is 0.429. The van der Waals surface area contributed by atoms with E-state index in [0.717, 1.165) is 44.6 Å². The summed E-state index contributed by atoms with van der Waals surface area (Å²) < 4.78 is 17.5. The van der Waals surface area contributed by atoms with Crippen molar-refractivity contribution in [3.05, 3.63) is 65.7 Å². The zero-order valence-corrected chi connectivity index (χ0v) is 13.9. The molecule has 1 spiro atoms. The maximum atomic E-state index is 5.87. The van der Waals surface area contributed by atoms with Crippen molar-refractivity contribution in [2.75, 3.05) is 13.2 Å². The molecule has 0 N–H and O–H groups in total. The Morgan fingerprint density at radius 3 is 2.21 bits per heavy atom. The Balaban J connectivity index is 1.32. The van der Waals surface area contributed by atoms with Crippen LogP contribution in [0.4, 0.5) is 0 Å². The lowest BCUT2D eigenvalue weighted by atomic mass is 9.81. The number of hydrogen-bond acceptors (Lipinski definition) is 3. The van der Waals surface area contributed by atoms with Crippen LogP contribution < -0.4 is 4.74 Å². The minimum atomic E-state index is -0.269. The fourth-order valence-electron chi connectivity index (χ4n) is 3.75. The van der Waals surface area contributed by atoms with Gasteiger partial charge >= 0.3 is 0 Å².